The van der Waals surface area contributed by atoms with Gasteiger partial charge in [-0.15, -0.1) is 0 Å². The highest BCUT2D eigenvalue weighted by Gasteiger charge is 2.19. The Labute approximate surface area is 85.6 Å². The summed E-state index contributed by atoms with van der Waals surface area (Å²) in [5.74, 6) is -0.0886. The highest BCUT2D eigenvalue weighted by atomic mass is 16.7. The normalized spacial score (nSPS) is 9.47. The van der Waals surface area contributed by atoms with Crippen LogP contribution in [0.5, 0.6) is 5.75 Å². The summed E-state index contributed by atoms with van der Waals surface area (Å²) in [7, 11) is 1.13. The second kappa shape index (κ2) is 4.41. The fraction of sp³-hybridized carbons (Fsp3) is 0.222. The lowest BCUT2D eigenvalue weighted by Gasteiger charge is -2.05. The van der Waals surface area contributed by atoms with E-state index in [1.807, 2.05) is 0 Å². The minimum Gasteiger partial charge on any atom is -0.437 e. The standard InChI is InChI=1S/C9H9NO5/c1-6-4-3-5-7(10(12)13)8(6)15-9(11)14-2/h3-5H,1-2H3. The molecule has 6 nitrogen and oxygen atoms in total. The van der Waals surface area contributed by atoms with Crippen LogP contribution < -0.4 is 4.74 Å². The highest BCUT2D eigenvalue weighted by Crippen LogP contribution is 2.30. The summed E-state index contributed by atoms with van der Waals surface area (Å²) in [5, 5.41) is 10.6. The van der Waals surface area contributed by atoms with Gasteiger partial charge in [0.05, 0.1) is 12.0 Å². The van der Waals surface area contributed by atoms with E-state index in [2.05, 4.69) is 9.47 Å². The van der Waals surface area contributed by atoms with Gasteiger partial charge in [0.1, 0.15) is 0 Å². The van der Waals surface area contributed by atoms with Crippen LogP contribution in [0.15, 0.2) is 18.2 Å². The van der Waals surface area contributed by atoms with Gasteiger partial charge < -0.3 is 9.47 Å². The van der Waals surface area contributed by atoms with Crippen molar-refractivity contribution < 1.29 is 19.2 Å². The molecule has 0 heterocycles. The molecule has 0 saturated heterocycles. The number of rotatable bonds is 2. The zero-order valence-corrected chi connectivity index (χ0v) is 8.22. The molecule has 0 aliphatic carbocycles. The van der Waals surface area contributed by atoms with E-state index in [-0.39, 0.29) is 11.4 Å². The molecule has 0 spiro atoms. The van der Waals surface area contributed by atoms with Crippen LogP contribution in [-0.4, -0.2) is 18.2 Å². The molecule has 0 fully saturated rings. The third-order valence-electron chi connectivity index (χ3n) is 1.74. The third-order valence-corrected chi connectivity index (χ3v) is 1.74. The average molecular weight is 211 g/mol. The maximum Gasteiger partial charge on any atom is 0.513 e. The molecule has 0 aliphatic heterocycles. The van der Waals surface area contributed by atoms with Gasteiger partial charge in [0.2, 0.25) is 5.75 Å². The van der Waals surface area contributed by atoms with Crippen molar-refractivity contribution in [2.45, 2.75) is 6.92 Å². The Morgan fingerprint density at radius 1 is 1.47 bits per heavy atom. The van der Waals surface area contributed by atoms with E-state index in [0.717, 1.165) is 7.11 Å². The number of hydrogen-bond acceptors (Lipinski definition) is 5. The number of nitro groups is 1. The number of nitrogens with zero attached hydrogens (tertiary/aromatic N) is 1. The predicted octanol–water partition coefficient (Wildman–Crippen LogP) is 2.05. The number of carbonyl (C=O) groups is 1. The zero-order chi connectivity index (χ0) is 11.4. The Kier molecular flexibility index (Phi) is 3.22. The van der Waals surface area contributed by atoms with Crippen LogP contribution in [0.3, 0.4) is 0 Å². The summed E-state index contributed by atoms with van der Waals surface area (Å²) in [4.78, 5) is 20.8. The van der Waals surface area contributed by atoms with Crippen molar-refractivity contribution in [3.8, 4) is 5.75 Å². The number of methoxy groups -OCH3 is 1. The monoisotopic (exact) mass is 211 g/mol. The van der Waals surface area contributed by atoms with Crippen LogP contribution in [-0.2, 0) is 4.74 Å². The van der Waals surface area contributed by atoms with Crippen molar-refractivity contribution in [2.75, 3.05) is 7.11 Å². The topological polar surface area (TPSA) is 78.7 Å². The first kappa shape index (κ1) is 11.0. The van der Waals surface area contributed by atoms with Crippen LogP contribution in [0.2, 0.25) is 0 Å². The second-order valence-electron chi connectivity index (χ2n) is 2.74. The van der Waals surface area contributed by atoms with E-state index < -0.39 is 11.1 Å². The molecule has 0 amide bonds. The van der Waals surface area contributed by atoms with E-state index in [1.165, 1.54) is 12.1 Å². The zero-order valence-electron chi connectivity index (χ0n) is 8.22. The van der Waals surface area contributed by atoms with Crippen molar-refractivity contribution in [1.82, 2.24) is 0 Å². The quantitative estimate of drug-likeness (QED) is 0.323. The Morgan fingerprint density at radius 3 is 2.67 bits per heavy atom. The van der Waals surface area contributed by atoms with Crippen LogP contribution in [0.4, 0.5) is 10.5 Å². The van der Waals surface area contributed by atoms with E-state index in [1.54, 1.807) is 13.0 Å². The molecule has 0 aromatic heterocycles. The molecule has 0 N–H and O–H groups in total. The lowest BCUT2D eigenvalue weighted by atomic mass is 10.2. The van der Waals surface area contributed by atoms with Gasteiger partial charge >= 0.3 is 11.8 Å². The Bertz CT molecular complexity index is 401. The largest absolute Gasteiger partial charge is 0.513 e. The second-order valence-corrected chi connectivity index (χ2v) is 2.74. The summed E-state index contributed by atoms with van der Waals surface area (Å²) in [6.07, 6.45) is -0.979. The smallest absolute Gasteiger partial charge is 0.437 e. The average Bonchev–Trinajstić information content (AvgIpc) is 2.20. The number of hydrogen-bond donors (Lipinski definition) is 0. The van der Waals surface area contributed by atoms with E-state index in [9.17, 15) is 14.9 Å². The molecule has 0 saturated carbocycles. The van der Waals surface area contributed by atoms with Gasteiger partial charge in [-0.05, 0) is 12.5 Å². The fourth-order valence-electron chi connectivity index (χ4n) is 1.04. The first-order valence-corrected chi connectivity index (χ1v) is 4.06. The van der Waals surface area contributed by atoms with Crippen LogP contribution >= 0.6 is 0 Å². The summed E-state index contributed by atoms with van der Waals surface area (Å²) in [5.41, 5.74) is 0.231. The molecule has 0 atom stereocenters. The predicted molar refractivity (Wildman–Crippen MR) is 50.9 cm³/mol. The van der Waals surface area contributed by atoms with E-state index in [0.29, 0.717) is 5.56 Å². The summed E-state index contributed by atoms with van der Waals surface area (Å²) < 4.78 is 8.94. The highest BCUT2D eigenvalue weighted by molar-refractivity contribution is 5.67. The third kappa shape index (κ3) is 2.43. The van der Waals surface area contributed by atoms with Crippen molar-refractivity contribution >= 4 is 11.8 Å². The van der Waals surface area contributed by atoms with Crippen LogP contribution in [0.1, 0.15) is 5.56 Å². The van der Waals surface area contributed by atoms with Gasteiger partial charge in [-0.1, -0.05) is 12.1 Å². The summed E-state index contributed by atoms with van der Waals surface area (Å²) in [6.45, 7) is 1.60. The van der Waals surface area contributed by atoms with Crippen LogP contribution in [0.25, 0.3) is 0 Å². The number of para-hydroxylation sites is 1. The fourth-order valence-corrected chi connectivity index (χ4v) is 1.04. The minimum absolute atomic E-state index is 0.0886. The first-order chi connectivity index (χ1) is 7.06. The molecular formula is C9H9NO5. The molecule has 1 rings (SSSR count). The lowest BCUT2D eigenvalue weighted by molar-refractivity contribution is -0.385. The van der Waals surface area contributed by atoms with Gasteiger partial charge in [0.25, 0.3) is 0 Å². The van der Waals surface area contributed by atoms with Crippen molar-refractivity contribution in [3.63, 3.8) is 0 Å². The minimum atomic E-state index is -0.979. The van der Waals surface area contributed by atoms with Crippen molar-refractivity contribution in [3.05, 3.63) is 33.9 Å². The van der Waals surface area contributed by atoms with Crippen LogP contribution in [0, 0.1) is 17.0 Å². The molecule has 80 valence electrons. The Morgan fingerprint density at radius 2 is 2.13 bits per heavy atom. The van der Waals surface area contributed by atoms with Gasteiger partial charge in [-0.2, -0.15) is 0 Å². The molecule has 0 unspecified atom stereocenters. The molecule has 1 aromatic carbocycles. The van der Waals surface area contributed by atoms with Gasteiger partial charge in [0, 0.05) is 6.07 Å². The van der Waals surface area contributed by atoms with E-state index in [4.69, 9.17) is 0 Å². The molecule has 15 heavy (non-hydrogen) atoms. The number of nitro benzene ring substituents is 1. The van der Waals surface area contributed by atoms with E-state index >= 15 is 0 Å². The van der Waals surface area contributed by atoms with Gasteiger partial charge in [-0.3, -0.25) is 10.1 Å². The number of ether oxygens (including phenoxy) is 2. The molecular weight excluding hydrogens is 202 g/mol. The Hall–Kier alpha value is -2.11. The summed E-state index contributed by atoms with van der Waals surface area (Å²) >= 11 is 0. The van der Waals surface area contributed by atoms with Crippen molar-refractivity contribution in [1.29, 1.82) is 0 Å². The molecule has 1 aromatic rings. The van der Waals surface area contributed by atoms with Crippen molar-refractivity contribution in [2.24, 2.45) is 0 Å². The maximum atomic E-state index is 10.8. The molecule has 0 radical (unpaired) electrons. The lowest BCUT2D eigenvalue weighted by Crippen LogP contribution is -2.09. The Balaban J connectivity index is 3.13. The van der Waals surface area contributed by atoms with Gasteiger partial charge in [0.15, 0.2) is 0 Å². The SMILES string of the molecule is COC(=O)Oc1c(C)cccc1[N+](=O)[O-]. The molecule has 0 bridgehead atoms. The number of carbonyl (C=O) groups excluding carboxylic acids is 1. The van der Waals surface area contributed by atoms with Gasteiger partial charge in [-0.25, -0.2) is 4.79 Å². The first-order valence-electron chi connectivity index (χ1n) is 4.06. The maximum absolute atomic E-state index is 10.8. The number of aryl methyl sites for hydroxylation is 1. The molecule has 0 aliphatic rings. The molecule has 6 heteroatoms. The number of benzene rings is 1. The summed E-state index contributed by atoms with van der Waals surface area (Å²) in [6, 6.07) is 4.37.